The normalized spacial score (nSPS) is 20.6. The quantitative estimate of drug-likeness (QED) is 0.618. The molecule has 10 heteroatoms. The van der Waals surface area contributed by atoms with Gasteiger partial charge in [-0.2, -0.15) is 13.2 Å². The fourth-order valence-corrected chi connectivity index (χ4v) is 4.51. The minimum absolute atomic E-state index is 0.00130. The van der Waals surface area contributed by atoms with Crippen molar-refractivity contribution < 1.29 is 27.6 Å². The molecule has 4 amide bonds. The van der Waals surface area contributed by atoms with Crippen molar-refractivity contribution in [3.63, 3.8) is 0 Å². The molecule has 0 spiro atoms. The Balaban J connectivity index is 1.57. The third kappa shape index (κ3) is 4.32. The van der Waals surface area contributed by atoms with Crippen molar-refractivity contribution in [3.05, 3.63) is 59.7 Å². The lowest BCUT2D eigenvalue weighted by atomic mass is 9.87. The van der Waals surface area contributed by atoms with Crippen LogP contribution >= 0.6 is 0 Å². The smallest absolute Gasteiger partial charge is 0.370 e. The molecule has 0 aliphatic carbocycles. The van der Waals surface area contributed by atoms with Gasteiger partial charge in [0.1, 0.15) is 12.1 Å². The van der Waals surface area contributed by atoms with Crippen LogP contribution in [0, 0.1) is 0 Å². The molecule has 0 aromatic heterocycles. The molecule has 2 N–H and O–H groups in total. The van der Waals surface area contributed by atoms with Crippen molar-refractivity contribution in [3.8, 4) is 0 Å². The Morgan fingerprint density at radius 3 is 2.38 bits per heavy atom. The van der Waals surface area contributed by atoms with E-state index in [2.05, 4.69) is 10.6 Å². The molecule has 4 rings (SSSR count). The van der Waals surface area contributed by atoms with Crippen molar-refractivity contribution in [2.24, 2.45) is 0 Å². The first-order valence-corrected chi connectivity index (χ1v) is 11.1. The van der Waals surface area contributed by atoms with Gasteiger partial charge in [0, 0.05) is 13.1 Å². The Morgan fingerprint density at radius 1 is 1.09 bits per heavy atom. The molecule has 2 aliphatic heterocycles. The summed E-state index contributed by atoms with van der Waals surface area (Å²) in [5, 5.41) is 5.19. The summed E-state index contributed by atoms with van der Waals surface area (Å²) in [7, 11) is 0. The van der Waals surface area contributed by atoms with E-state index in [1.807, 2.05) is 4.90 Å². The molecule has 2 aromatic rings. The van der Waals surface area contributed by atoms with Gasteiger partial charge in [-0.05, 0) is 43.0 Å². The van der Waals surface area contributed by atoms with Crippen LogP contribution in [0.4, 0.5) is 29.3 Å². The second-order valence-electron chi connectivity index (χ2n) is 8.42. The number of amides is 4. The molecule has 2 saturated heterocycles. The Morgan fingerprint density at radius 2 is 1.76 bits per heavy atom. The Hall–Kier alpha value is -3.56. The maximum atomic E-state index is 13.3. The lowest BCUT2D eigenvalue weighted by Gasteiger charge is -2.26. The molecule has 0 saturated carbocycles. The number of anilines is 2. The topological polar surface area (TPSA) is 81.8 Å². The maximum absolute atomic E-state index is 13.3. The van der Waals surface area contributed by atoms with Crippen LogP contribution in [0.5, 0.6) is 0 Å². The molecule has 2 aliphatic rings. The number of alkyl halides is 3. The van der Waals surface area contributed by atoms with Gasteiger partial charge in [0.05, 0.1) is 16.9 Å². The molecule has 0 bridgehead atoms. The highest BCUT2D eigenvalue weighted by Crippen LogP contribution is 2.37. The minimum Gasteiger partial charge on any atom is -0.370 e. The highest BCUT2D eigenvalue weighted by atomic mass is 19.4. The van der Waals surface area contributed by atoms with E-state index in [9.17, 15) is 27.6 Å². The van der Waals surface area contributed by atoms with Crippen molar-refractivity contribution >= 4 is 29.2 Å². The van der Waals surface area contributed by atoms with Gasteiger partial charge in [-0.1, -0.05) is 37.3 Å². The summed E-state index contributed by atoms with van der Waals surface area (Å²) in [4.78, 5) is 41.4. The molecular weight excluding hydrogens is 449 g/mol. The summed E-state index contributed by atoms with van der Waals surface area (Å²) in [5.41, 5.74) is -1.13. The summed E-state index contributed by atoms with van der Waals surface area (Å²) in [6, 6.07) is 11.2. The average molecular weight is 474 g/mol. The SMILES string of the molecule is CC[C@]1(c2ccccc2)NC(=O)N(CC(=O)Nc2cc(C(F)(F)F)ccc2N2CCCC2)C1=O. The molecule has 34 heavy (non-hydrogen) atoms. The van der Waals surface area contributed by atoms with Crippen molar-refractivity contribution in [2.75, 3.05) is 29.9 Å². The third-order valence-corrected chi connectivity index (χ3v) is 6.32. The maximum Gasteiger partial charge on any atom is 0.416 e. The van der Waals surface area contributed by atoms with Crippen LogP contribution in [0.2, 0.25) is 0 Å². The number of rotatable bonds is 6. The predicted molar refractivity (Wildman–Crippen MR) is 120 cm³/mol. The molecule has 180 valence electrons. The number of hydrogen-bond donors (Lipinski definition) is 2. The lowest BCUT2D eigenvalue weighted by molar-refractivity contribution is -0.137. The van der Waals surface area contributed by atoms with Crippen LogP contribution < -0.4 is 15.5 Å². The van der Waals surface area contributed by atoms with E-state index in [0.717, 1.165) is 29.9 Å². The van der Waals surface area contributed by atoms with Crippen LogP contribution in [0.25, 0.3) is 0 Å². The standard InChI is InChI=1S/C24H25F3N4O3/c1-2-23(16-8-4-3-5-9-16)21(33)31(22(34)29-23)15-20(32)28-18-14-17(24(25,26)27)10-11-19(18)30-12-6-7-13-30/h3-5,8-11,14H,2,6-7,12-13,15H2,1H3,(H,28,32)(H,29,34)/t23-/m1/s1. The molecule has 0 unspecified atom stereocenters. The largest absolute Gasteiger partial charge is 0.416 e. The van der Waals surface area contributed by atoms with Crippen LogP contribution in [0.15, 0.2) is 48.5 Å². The number of benzene rings is 2. The summed E-state index contributed by atoms with van der Waals surface area (Å²) in [5.74, 6) is -1.34. The zero-order chi connectivity index (χ0) is 24.5. The van der Waals surface area contributed by atoms with E-state index in [0.29, 0.717) is 24.3 Å². The second kappa shape index (κ2) is 9.00. The molecule has 2 heterocycles. The lowest BCUT2D eigenvalue weighted by Crippen LogP contribution is -2.44. The van der Waals surface area contributed by atoms with E-state index >= 15 is 0 Å². The van der Waals surface area contributed by atoms with E-state index in [1.54, 1.807) is 37.3 Å². The molecule has 2 aromatic carbocycles. The number of halogens is 3. The fraction of sp³-hybridized carbons (Fsp3) is 0.375. The molecular formula is C24H25F3N4O3. The summed E-state index contributed by atoms with van der Waals surface area (Å²) in [6.45, 7) is 2.46. The number of nitrogens with one attached hydrogen (secondary N) is 2. The van der Waals surface area contributed by atoms with Gasteiger partial charge in [-0.3, -0.25) is 14.5 Å². The first-order chi connectivity index (χ1) is 16.2. The van der Waals surface area contributed by atoms with E-state index in [1.165, 1.54) is 6.07 Å². The van der Waals surface area contributed by atoms with Crippen molar-refractivity contribution in [2.45, 2.75) is 37.9 Å². The number of carbonyl (C=O) groups excluding carboxylic acids is 3. The number of urea groups is 1. The third-order valence-electron chi connectivity index (χ3n) is 6.32. The Kier molecular flexibility index (Phi) is 6.24. The van der Waals surface area contributed by atoms with Crippen molar-refractivity contribution in [1.82, 2.24) is 10.2 Å². The highest BCUT2D eigenvalue weighted by Gasteiger charge is 2.51. The molecule has 1 atom stereocenters. The zero-order valence-corrected chi connectivity index (χ0v) is 18.6. The monoisotopic (exact) mass is 474 g/mol. The van der Waals surface area contributed by atoms with Gasteiger partial charge in [0.2, 0.25) is 5.91 Å². The van der Waals surface area contributed by atoms with Crippen LogP contribution in [0.3, 0.4) is 0 Å². The van der Waals surface area contributed by atoms with Gasteiger partial charge in [-0.15, -0.1) is 0 Å². The average Bonchev–Trinajstić information content (AvgIpc) is 3.42. The Labute approximate surface area is 194 Å². The second-order valence-corrected chi connectivity index (χ2v) is 8.42. The van der Waals surface area contributed by atoms with Crippen LogP contribution in [0.1, 0.15) is 37.3 Å². The van der Waals surface area contributed by atoms with E-state index in [4.69, 9.17) is 0 Å². The zero-order valence-electron chi connectivity index (χ0n) is 18.6. The van der Waals surface area contributed by atoms with Gasteiger partial charge in [0.25, 0.3) is 5.91 Å². The molecule has 7 nitrogen and oxygen atoms in total. The van der Waals surface area contributed by atoms with E-state index in [-0.39, 0.29) is 12.1 Å². The Bertz CT molecular complexity index is 1100. The van der Waals surface area contributed by atoms with Crippen LogP contribution in [-0.4, -0.2) is 42.4 Å². The molecule has 0 radical (unpaired) electrons. The number of imide groups is 1. The molecule has 2 fully saturated rings. The number of hydrogen-bond acceptors (Lipinski definition) is 4. The number of carbonyl (C=O) groups is 3. The summed E-state index contributed by atoms with van der Waals surface area (Å²) >= 11 is 0. The van der Waals surface area contributed by atoms with E-state index < -0.39 is 41.7 Å². The van der Waals surface area contributed by atoms with Gasteiger partial charge >= 0.3 is 12.2 Å². The first-order valence-electron chi connectivity index (χ1n) is 11.1. The first kappa shape index (κ1) is 23.6. The van der Waals surface area contributed by atoms with Gasteiger partial charge < -0.3 is 15.5 Å². The fourth-order valence-electron chi connectivity index (χ4n) is 4.51. The minimum atomic E-state index is -4.58. The highest BCUT2D eigenvalue weighted by molar-refractivity contribution is 6.10. The summed E-state index contributed by atoms with van der Waals surface area (Å²) in [6.07, 6.45) is -2.51. The summed E-state index contributed by atoms with van der Waals surface area (Å²) < 4.78 is 39.9. The van der Waals surface area contributed by atoms with Gasteiger partial charge in [0.15, 0.2) is 0 Å². The van der Waals surface area contributed by atoms with Gasteiger partial charge in [-0.25, -0.2) is 4.79 Å². The van der Waals surface area contributed by atoms with Crippen molar-refractivity contribution in [1.29, 1.82) is 0 Å². The number of nitrogens with zero attached hydrogens (tertiary/aromatic N) is 2. The van der Waals surface area contributed by atoms with Crippen LogP contribution in [-0.2, 0) is 21.3 Å². The predicted octanol–water partition coefficient (Wildman–Crippen LogP) is 4.10.